The van der Waals surface area contributed by atoms with Crippen LogP contribution in [0, 0.1) is 0 Å². The Hall–Kier alpha value is -2.62. The summed E-state index contributed by atoms with van der Waals surface area (Å²) < 4.78 is 5.51. The third-order valence-corrected chi connectivity index (χ3v) is 3.28. The lowest BCUT2D eigenvalue weighted by Crippen LogP contribution is -2.06. The highest BCUT2D eigenvalue weighted by Crippen LogP contribution is 2.15. The van der Waals surface area contributed by atoms with Crippen molar-refractivity contribution in [2.24, 2.45) is 0 Å². The van der Waals surface area contributed by atoms with Crippen LogP contribution in [-0.4, -0.2) is 23.3 Å². The predicted molar refractivity (Wildman–Crippen MR) is 83.6 cm³/mol. The summed E-state index contributed by atoms with van der Waals surface area (Å²) in [5.74, 6) is 0.813. The van der Waals surface area contributed by atoms with Crippen LogP contribution in [0.4, 0.5) is 0 Å². The zero-order chi connectivity index (χ0) is 15.9. The smallest absolute Gasteiger partial charge is 0.166 e. The summed E-state index contributed by atoms with van der Waals surface area (Å²) in [4.78, 5) is 23.4. The molecule has 0 saturated carbocycles. The SMILES string of the molecule is CCC(=O)c1ccc(OCCC(=O)c2ccc(O)cc2)cc1. The van der Waals surface area contributed by atoms with E-state index >= 15 is 0 Å². The number of carbonyl (C=O) groups is 2. The Morgan fingerprint density at radius 2 is 1.45 bits per heavy atom. The van der Waals surface area contributed by atoms with Gasteiger partial charge in [-0.15, -0.1) is 0 Å². The number of ether oxygens (including phenoxy) is 1. The first-order valence-corrected chi connectivity index (χ1v) is 7.18. The summed E-state index contributed by atoms with van der Waals surface area (Å²) in [6.07, 6.45) is 0.724. The van der Waals surface area contributed by atoms with E-state index in [1.54, 1.807) is 36.4 Å². The summed E-state index contributed by atoms with van der Waals surface area (Å²) in [6.45, 7) is 2.09. The van der Waals surface area contributed by atoms with Crippen molar-refractivity contribution in [2.75, 3.05) is 6.61 Å². The molecular weight excluding hydrogens is 280 g/mol. The fourth-order valence-electron chi connectivity index (χ4n) is 1.99. The molecule has 22 heavy (non-hydrogen) atoms. The number of ketones is 2. The molecule has 0 saturated heterocycles. The fraction of sp³-hybridized carbons (Fsp3) is 0.222. The Balaban J connectivity index is 1.84. The second-order valence-electron chi connectivity index (χ2n) is 4.87. The maximum atomic E-state index is 11.9. The summed E-state index contributed by atoms with van der Waals surface area (Å²) in [7, 11) is 0. The minimum absolute atomic E-state index is 0.0437. The number of carbonyl (C=O) groups excluding carboxylic acids is 2. The normalized spacial score (nSPS) is 10.2. The fourth-order valence-corrected chi connectivity index (χ4v) is 1.99. The highest BCUT2D eigenvalue weighted by Gasteiger charge is 2.07. The van der Waals surface area contributed by atoms with Gasteiger partial charge in [-0.3, -0.25) is 9.59 Å². The van der Waals surface area contributed by atoms with Gasteiger partial charge >= 0.3 is 0 Å². The molecule has 0 aliphatic heterocycles. The van der Waals surface area contributed by atoms with Crippen molar-refractivity contribution in [3.05, 3.63) is 59.7 Å². The quantitative estimate of drug-likeness (QED) is 0.793. The summed E-state index contributed by atoms with van der Waals surface area (Å²) in [5.41, 5.74) is 1.21. The molecule has 4 nitrogen and oxygen atoms in total. The molecule has 0 heterocycles. The molecule has 0 amide bonds. The van der Waals surface area contributed by atoms with E-state index in [4.69, 9.17) is 4.74 Å². The van der Waals surface area contributed by atoms with Gasteiger partial charge in [-0.2, -0.15) is 0 Å². The molecule has 0 aliphatic rings. The van der Waals surface area contributed by atoms with E-state index in [2.05, 4.69) is 0 Å². The monoisotopic (exact) mass is 298 g/mol. The first-order valence-electron chi connectivity index (χ1n) is 7.18. The van der Waals surface area contributed by atoms with Gasteiger partial charge in [0.15, 0.2) is 11.6 Å². The van der Waals surface area contributed by atoms with Crippen LogP contribution in [0.2, 0.25) is 0 Å². The molecule has 0 radical (unpaired) electrons. The van der Waals surface area contributed by atoms with Gasteiger partial charge in [-0.1, -0.05) is 6.92 Å². The van der Waals surface area contributed by atoms with Gasteiger partial charge < -0.3 is 9.84 Å². The molecule has 114 valence electrons. The van der Waals surface area contributed by atoms with E-state index in [1.807, 2.05) is 6.92 Å². The molecule has 1 N–H and O–H groups in total. The standard InChI is InChI=1S/C18H18O4/c1-2-17(20)13-5-9-16(10-6-13)22-12-11-18(21)14-3-7-15(19)8-4-14/h3-10,19H,2,11-12H2,1H3. The van der Waals surface area contributed by atoms with E-state index in [0.717, 1.165) is 0 Å². The van der Waals surface area contributed by atoms with Gasteiger partial charge in [0.2, 0.25) is 0 Å². The lowest BCUT2D eigenvalue weighted by molar-refractivity contribution is 0.0960. The molecular formula is C18H18O4. The molecule has 0 aromatic heterocycles. The van der Waals surface area contributed by atoms with Crippen molar-refractivity contribution in [1.29, 1.82) is 0 Å². The van der Waals surface area contributed by atoms with Crippen LogP contribution in [-0.2, 0) is 0 Å². The van der Waals surface area contributed by atoms with E-state index in [9.17, 15) is 14.7 Å². The number of aromatic hydroxyl groups is 1. The maximum absolute atomic E-state index is 11.9. The van der Waals surface area contributed by atoms with Gasteiger partial charge in [0.05, 0.1) is 6.61 Å². The second kappa shape index (κ2) is 7.41. The summed E-state index contributed by atoms with van der Waals surface area (Å²) in [5, 5.41) is 9.18. The van der Waals surface area contributed by atoms with Gasteiger partial charge in [0.1, 0.15) is 11.5 Å². The highest BCUT2D eigenvalue weighted by molar-refractivity contribution is 5.96. The van der Waals surface area contributed by atoms with E-state index in [0.29, 0.717) is 23.3 Å². The molecule has 0 spiro atoms. The zero-order valence-electron chi connectivity index (χ0n) is 12.4. The van der Waals surface area contributed by atoms with Crippen molar-refractivity contribution in [1.82, 2.24) is 0 Å². The maximum Gasteiger partial charge on any atom is 0.166 e. The van der Waals surface area contributed by atoms with Crippen molar-refractivity contribution in [3.8, 4) is 11.5 Å². The van der Waals surface area contributed by atoms with Crippen LogP contribution in [0.3, 0.4) is 0 Å². The van der Waals surface area contributed by atoms with Crippen molar-refractivity contribution < 1.29 is 19.4 Å². The lowest BCUT2D eigenvalue weighted by atomic mass is 10.1. The largest absolute Gasteiger partial charge is 0.508 e. The minimum atomic E-state index is -0.0437. The molecule has 2 rings (SSSR count). The average molecular weight is 298 g/mol. The van der Waals surface area contributed by atoms with Crippen LogP contribution in [0.15, 0.2) is 48.5 Å². The zero-order valence-corrected chi connectivity index (χ0v) is 12.4. The molecule has 4 heteroatoms. The summed E-state index contributed by atoms with van der Waals surface area (Å²) >= 11 is 0. The third-order valence-electron chi connectivity index (χ3n) is 3.28. The number of phenols is 1. The van der Waals surface area contributed by atoms with Crippen LogP contribution < -0.4 is 4.74 Å². The van der Waals surface area contributed by atoms with Gasteiger partial charge in [-0.25, -0.2) is 0 Å². The first kappa shape index (κ1) is 15.8. The Labute approximate surface area is 129 Å². The highest BCUT2D eigenvalue weighted by atomic mass is 16.5. The third kappa shape index (κ3) is 4.19. The predicted octanol–water partition coefficient (Wildman–Crippen LogP) is 3.64. The number of rotatable bonds is 7. The molecule has 0 atom stereocenters. The Bertz CT molecular complexity index is 642. The van der Waals surface area contributed by atoms with Crippen LogP contribution in [0.5, 0.6) is 11.5 Å². The number of hydrogen-bond donors (Lipinski definition) is 1. The molecule has 0 fully saturated rings. The molecule has 0 aliphatic carbocycles. The number of hydrogen-bond acceptors (Lipinski definition) is 4. The van der Waals surface area contributed by atoms with Crippen molar-refractivity contribution in [2.45, 2.75) is 19.8 Å². The van der Waals surface area contributed by atoms with E-state index in [-0.39, 0.29) is 30.3 Å². The average Bonchev–Trinajstić information content (AvgIpc) is 2.55. The minimum Gasteiger partial charge on any atom is -0.508 e. The molecule has 0 bridgehead atoms. The second-order valence-corrected chi connectivity index (χ2v) is 4.87. The molecule has 2 aromatic carbocycles. The van der Waals surface area contributed by atoms with Crippen LogP contribution in [0.1, 0.15) is 40.5 Å². The first-order chi connectivity index (χ1) is 10.6. The Morgan fingerprint density at radius 3 is 2.05 bits per heavy atom. The van der Waals surface area contributed by atoms with Crippen molar-refractivity contribution >= 4 is 11.6 Å². The number of benzene rings is 2. The Morgan fingerprint density at radius 1 is 0.909 bits per heavy atom. The topological polar surface area (TPSA) is 63.6 Å². The van der Waals surface area contributed by atoms with E-state index in [1.165, 1.54) is 12.1 Å². The Kier molecular flexibility index (Phi) is 5.31. The van der Waals surface area contributed by atoms with Gasteiger partial charge in [-0.05, 0) is 48.5 Å². The summed E-state index contributed by atoms with van der Waals surface area (Å²) in [6, 6.07) is 13.1. The van der Waals surface area contributed by atoms with Crippen LogP contribution in [0.25, 0.3) is 0 Å². The molecule has 0 unspecified atom stereocenters. The van der Waals surface area contributed by atoms with Gasteiger partial charge in [0, 0.05) is 24.0 Å². The van der Waals surface area contributed by atoms with Crippen molar-refractivity contribution in [3.63, 3.8) is 0 Å². The van der Waals surface area contributed by atoms with E-state index < -0.39 is 0 Å². The lowest BCUT2D eigenvalue weighted by Gasteiger charge is -2.06. The van der Waals surface area contributed by atoms with Gasteiger partial charge in [0.25, 0.3) is 0 Å². The molecule has 2 aromatic rings. The number of Topliss-reactive ketones (excluding diaryl/α,β-unsaturated/α-hetero) is 2. The van der Waals surface area contributed by atoms with Crippen LogP contribution >= 0.6 is 0 Å². The number of phenolic OH excluding ortho intramolecular Hbond substituents is 1.